The Morgan fingerprint density at radius 3 is 2.30 bits per heavy atom. The Kier molecular flexibility index (Phi) is 7.19. The smallest absolute Gasteiger partial charge is 0.267 e. The maximum atomic E-state index is 12.4. The highest BCUT2D eigenvalue weighted by Gasteiger charge is 2.18. The van der Waals surface area contributed by atoms with Gasteiger partial charge in [0.05, 0.1) is 35.2 Å². The van der Waals surface area contributed by atoms with E-state index in [0.29, 0.717) is 5.69 Å². The summed E-state index contributed by atoms with van der Waals surface area (Å²) < 4.78 is 26.0. The van der Waals surface area contributed by atoms with E-state index < -0.39 is 20.9 Å². The number of hydrogen-bond donors (Lipinski definition) is 1. The highest BCUT2D eigenvalue weighted by molar-refractivity contribution is 7.92. The number of nitrogens with one attached hydrogen (secondary N) is 1. The van der Waals surface area contributed by atoms with Crippen LogP contribution in [0.3, 0.4) is 0 Å². The Morgan fingerprint density at radius 2 is 1.70 bits per heavy atom. The van der Waals surface area contributed by atoms with E-state index in [-0.39, 0.29) is 23.4 Å². The van der Waals surface area contributed by atoms with Gasteiger partial charge in [0.15, 0.2) is 0 Å². The van der Waals surface area contributed by atoms with Gasteiger partial charge in [0.1, 0.15) is 0 Å². The number of aryl methyl sites for hydroxylation is 1. The molecule has 9 nitrogen and oxygen atoms in total. The van der Waals surface area contributed by atoms with Crippen LogP contribution in [0.5, 0.6) is 0 Å². The van der Waals surface area contributed by atoms with E-state index in [4.69, 9.17) is 0 Å². The number of hydrogen-bond acceptors (Lipinski definition) is 6. The van der Waals surface area contributed by atoms with Gasteiger partial charge in [0.2, 0.25) is 10.0 Å². The number of anilines is 1. The summed E-state index contributed by atoms with van der Waals surface area (Å²) in [6.45, 7) is 2.11. The van der Waals surface area contributed by atoms with Gasteiger partial charge in [-0.2, -0.15) is 5.10 Å². The second kappa shape index (κ2) is 10.0. The van der Waals surface area contributed by atoms with Gasteiger partial charge >= 0.3 is 0 Å². The topological polar surface area (TPSA) is 122 Å². The molecule has 1 amide bonds. The van der Waals surface area contributed by atoms with E-state index in [0.717, 1.165) is 17.4 Å². The van der Waals surface area contributed by atoms with Gasteiger partial charge in [-0.05, 0) is 42.8 Å². The molecule has 0 atom stereocenters. The standard InChI is InChI=1S/C23H22N4O5S/c1-17-7-9-18(10-8-17)16-26(33(2,31)32)21-13-11-19(12-14-21)23(28)25-24-15-20-5-3-4-6-22(20)27(29)30/h3-15H,16H2,1-2H3,(H,25,28)/b24-15-. The zero-order chi connectivity index (χ0) is 24.0. The van der Waals surface area contributed by atoms with Crippen molar-refractivity contribution in [3.05, 3.63) is 105 Å². The van der Waals surface area contributed by atoms with Crippen molar-refractivity contribution in [2.24, 2.45) is 5.10 Å². The summed E-state index contributed by atoms with van der Waals surface area (Å²) in [6.07, 6.45) is 2.32. The lowest BCUT2D eigenvalue weighted by Crippen LogP contribution is -2.29. The molecule has 0 radical (unpaired) electrons. The normalized spacial score (nSPS) is 11.3. The lowest BCUT2D eigenvalue weighted by Gasteiger charge is -2.22. The molecular formula is C23H22N4O5S. The second-order valence-corrected chi connectivity index (χ2v) is 9.22. The number of sulfonamides is 1. The first-order chi connectivity index (χ1) is 15.6. The fourth-order valence-corrected chi connectivity index (χ4v) is 3.91. The van der Waals surface area contributed by atoms with Gasteiger partial charge in [-0.1, -0.05) is 42.0 Å². The fraction of sp³-hybridized carbons (Fsp3) is 0.130. The Hall–Kier alpha value is -4.05. The van der Waals surface area contributed by atoms with Crippen molar-refractivity contribution in [1.29, 1.82) is 0 Å². The second-order valence-electron chi connectivity index (χ2n) is 7.32. The molecular weight excluding hydrogens is 444 g/mol. The van der Waals surface area contributed by atoms with Crippen molar-refractivity contribution in [3.63, 3.8) is 0 Å². The molecule has 0 aliphatic heterocycles. The third-order valence-electron chi connectivity index (χ3n) is 4.77. The quantitative estimate of drug-likeness (QED) is 0.309. The average molecular weight is 467 g/mol. The lowest BCUT2D eigenvalue weighted by molar-refractivity contribution is -0.385. The van der Waals surface area contributed by atoms with Crippen molar-refractivity contribution in [3.8, 4) is 0 Å². The average Bonchev–Trinajstić information content (AvgIpc) is 2.78. The summed E-state index contributed by atoms with van der Waals surface area (Å²) >= 11 is 0. The highest BCUT2D eigenvalue weighted by Crippen LogP contribution is 2.22. The zero-order valence-electron chi connectivity index (χ0n) is 18.0. The summed E-state index contributed by atoms with van der Waals surface area (Å²) in [4.78, 5) is 22.9. The first-order valence-corrected chi connectivity index (χ1v) is 11.7. The first-order valence-electron chi connectivity index (χ1n) is 9.85. The molecule has 1 N–H and O–H groups in total. The first kappa shape index (κ1) is 23.6. The molecule has 0 aliphatic rings. The van der Waals surface area contributed by atoms with Crippen LogP contribution in [0.15, 0.2) is 77.9 Å². The number of amides is 1. The number of para-hydroxylation sites is 1. The molecule has 170 valence electrons. The largest absolute Gasteiger partial charge is 0.278 e. The molecule has 3 aromatic rings. The molecule has 0 unspecified atom stereocenters. The van der Waals surface area contributed by atoms with Gasteiger partial charge in [-0.25, -0.2) is 13.8 Å². The van der Waals surface area contributed by atoms with Crippen LogP contribution in [-0.2, 0) is 16.6 Å². The van der Waals surface area contributed by atoms with Crippen LogP contribution >= 0.6 is 0 Å². The number of carbonyl (C=O) groups is 1. The summed E-state index contributed by atoms with van der Waals surface area (Å²) in [6, 6.07) is 19.6. The van der Waals surface area contributed by atoms with Crippen LogP contribution in [0, 0.1) is 17.0 Å². The Morgan fingerprint density at radius 1 is 1.06 bits per heavy atom. The van der Waals surface area contributed by atoms with E-state index in [9.17, 15) is 23.3 Å². The summed E-state index contributed by atoms with van der Waals surface area (Å²) in [5, 5.41) is 14.8. The predicted molar refractivity (Wildman–Crippen MR) is 127 cm³/mol. The molecule has 33 heavy (non-hydrogen) atoms. The monoisotopic (exact) mass is 466 g/mol. The Bertz CT molecular complexity index is 1290. The van der Waals surface area contributed by atoms with Crippen molar-refractivity contribution >= 4 is 33.5 Å². The third kappa shape index (κ3) is 6.23. The molecule has 3 rings (SSSR count). The number of carbonyl (C=O) groups excluding carboxylic acids is 1. The minimum Gasteiger partial charge on any atom is -0.267 e. The lowest BCUT2D eigenvalue weighted by atomic mass is 10.1. The van der Waals surface area contributed by atoms with Crippen molar-refractivity contribution < 1.29 is 18.1 Å². The molecule has 0 bridgehead atoms. The summed E-state index contributed by atoms with van der Waals surface area (Å²) in [7, 11) is -3.56. The Labute approximate surface area is 191 Å². The molecule has 0 saturated heterocycles. The fourth-order valence-electron chi connectivity index (χ4n) is 3.03. The predicted octanol–water partition coefficient (Wildman–Crippen LogP) is 3.63. The van der Waals surface area contributed by atoms with E-state index >= 15 is 0 Å². The summed E-state index contributed by atoms with van der Waals surface area (Å²) in [5.74, 6) is -0.541. The van der Waals surface area contributed by atoms with Crippen LogP contribution in [-0.4, -0.2) is 31.7 Å². The SMILES string of the molecule is Cc1ccc(CN(c2ccc(C(=O)N/N=C\c3ccccc3[N+](=O)[O-])cc2)S(C)(=O)=O)cc1. The number of nitro groups is 1. The molecule has 0 aliphatic carbocycles. The highest BCUT2D eigenvalue weighted by atomic mass is 32.2. The molecule has 0 heterocycles. The number of hydrazone groups is 1. The molecule has 0 fully saturated rings. The van der Waals surface area contributed by atoms with Crippen LogP contribution in [0.1, 0.15) is 27.0 Å². The van der Waals surface area contributed by atoms with Crippen LogP contribution in [0.4, 0.5) is 11.4 Å². The van der Waals surface area contributed by atoms with Crippen molar-refractivity contribution in [2.45, 2.75) is 13.5 Å². The summed E-state index contributed by atoms with van der Waals surface area (Å²) in [5.41, 5.74) is 5.00. The molecule has 10 heteroatoms. The molecule has 0 spiro atoms. The van der Waals surface area contributed by atoms with Gasteiger partial charge in [-0.3, -0.25) is 19.2 Å². The number of benzene rings is 3. The van der Waals surface area contributed by atoms with Crippen molar-refractivity contribution in [1.82, 2.24) is 5.43 Å². The van der Waals surface area contributed by atoms with Gasteiger partial charge in [-0.15, -0.1) is 0 Å². The number of rotatable bonds is 8. The van der Waals surface area contributed by atoms with E-state index in [1.54, 1.807) is 6.07 Å². The number of nitro benzene ring substituents is 1. The molecule has 0 saturated carbocycles. The van der Waals surface area contributed by atoms with Crippen LogP contribution in [0.25, 0.3) is 0 Å². The third-order valence-corrected chi connectivity index (χ3v) is 5.91. The Balaban J connectivity index is 1.73. The molecule has 0 aromatic heterocycles. The minimum atomic E-state index is -3.56. The molecule has 3 aromatic carbocycles. The van der Waals surface area contributed by atoms with Gasteiger partial charge in [0.25, 0.3) is 11.6 Å². The van der Waals surface area contributed by atoms with E-state index in [1.807, 2.05) is 31.2 Å². The number of nitrogens with zero attached hydrogens (tertiary/aromatic N) is 3. The van der Waals surface area contributed by atoms with Crippen LogP contribution < -0.4 is 9.73 Å². The maximum absolute atomic E-state index is 12.4. The van der Waals surface area contributed by atoms with E-state index in [2.05, 4.69) is 10.5 Å². The zero-order valence-corrected chi connectivity index (χ0v) is 18.8. The minimum absolute atomic E-state index is 0.130. The van der Waals surface area contributed by atoms with Gasteiger partial charge in [0, 0.05) is 11.6 Å². The maximum Gasteiger partial charge on any atom is 0.278 e. The van der Waals surface area contributed by atoms with E-state index in [1.165, 1.54) is 53.0 Å². The van der Waals surface area contributed by atoms with Crippen molar-refractivity contribution in [2.75, 3.05) is 10.6 Å². The van der Waals surface area contributed by atoms with Gasteiger partial charge < -0.3 is 0 Å². The van der Waals surface area contributed by atoms with Crippen LogP contribution in [0.2, 0.25) is 0 Å².